The summed E-state index contributed by atoms with van der Waals surface area (Å²) in [6, 6.07) is 11.3. The van der Waals surface area contributed by atoms with Gasteiger partial charge in [-0.2, -0.15) is 0 Å². The number of rotatable bonds is 9. The molecule has 0 aliphatic rings. The Morgan fingerprint density at radius 1 is 0.829 bits per heavy atom. The standard InChI is InChI=1S/C29H41NO5/c1-27(2,3)22-17-20(18-23(25(22)32)28(4,5)6)11-14-24(31)30-16-15-19-9-12-21(13-10-19)35-29(7,8)26(33)34/h9-10,12-13,17-18,32H,11,14-16H2,1-8H3,(H,30,31)(H,33,34). The minimum absolute atomic E-state index is 0.0177. The topological polar surface area (TPSA) is 95.9 Å². The number of benzene rings is 2. The number of hydrogen-bond acceptors (Lipinski definition) is 4. The second kappa shape index (κ2) is 10.7. The minimum Gasteiger partial charge on any atom is -0.507 e. The van der Waals surface area contributed by atoms with Crippen LogP contribution >= 0.6 is 0 Å². The molecule has 0 atom stereocenters. The number of phenolic OH excluding ortho intramolecular Hbond substituents is 1. The number of carbonyl (C=O) groups is 2. The van der Waals surface area contributed by atoms with Gasteiger partial charge in [-0.1, -0.05) is 65.8 Å². The number of aryl methyl sites for hydroxylation is 1. The molecule has 0 aromatic heterocycles. The maximum atomic E-state index is 12.5. The Kier molecular flexibility index (Phi) is 8.64. The zero-order valence-corrected chi connectivity index (χ0v) is 22.4. The number of carboxylic acids is 1. The van der Waals surface area contributed by atoms with Crippen LogP contribution in [-0.4, -0.2) is 34.2 Å². The Morgan fingerprint density at radius 2 is 1.34 bits per heavy atom. The Balaban J connectivity index is 1.93. The molecule has 0 fully saturated rings. The van der Waals surface area contributed by atoms with Gasteiger partial charge in [-0.3, -0.25) is 4.79 Å². The van der Waals surface area contributed by atoms with Gasteiger partial charge >= 0.3 is 5.97 Å². The second-order valence-corrected chi connectivity index (χ2v) is 11.7. The normalized spacial score (nSPS) is 12.3. The maximum Gasteiger partial charge on any atom is 0.347 e. The number of ether oxygens (including phenoxy) is 1. The third-order valence-corrected chi connectivity index (χ3v) is 5.97. The van der Waals surface area contributed by atoms with E-state index in [4.69, 9.17) is 4.74 Å². The van der Waals surface area contributed by atoms with E-state index in [1.807, 2.05) is 24.3 Å². The molecule has 0 saturated carbocycles. The lowest BCUT2D eigenvalue weighted by Gasteiger charge is -2.28. The fourth-order valence-electron chi connectivity index (χ4n) is 3.74. The Morgan fingerprint density at radius 3 is 1.80 bits per heavy atom. The highest BCUT2D eigenvalue weighted by Gasteiger charge is 2.29. The van der Waals surface area contributed by atoms with Crippen LogP contribution in [0.4, 0.5) is 0 Å². The number of nitrogens with one attached hydrogen (secondary N) is 1. The molecule has 0 unspecified atom stereocenters. The molecule has 3 N–H and O–H groups in total. The van der Waals surface area contributed by atoms with E-state index in [1.54, 1.807) is 12.1 Å². The minimum atomic E-state index is -1.30. The second-order valence-electron chi connectivity index (χ2n) is 11.7. The van der Waals surface area contributed by atoms with Gasteiger partial charge in [-0.05, 0) is 71.9 Å². The molecule has 1 amide bonds. The fraction of sp³-hybridized carbons (Fsp3) is 0.517. The van der Waals surface area contributed by atoms with Crippen molar-refractivity contribution in [1.82, 2.24) is 5.32 Å². The van der Waals surface area contributed by atoms with Crippen molar-refractivity contribution in [2.24, 2.45) is 0 Å². The highest BCUT2D eigenvalue weighted by molar-refractivity contribution is 5.77. The molecule has 0 aliphatic carbocycles. The predicted octanol–water partition coefficient (Wildman–Crippen LogP) is 5.52. The molecule has 35 heavy (non-hydrogen) atoms. The van der Waals surface area contributed by atoms with Gasteiger partial charge in [0.25, 0.3) is 0 Å². The van der Waals surface area contributed by atoms with Gasteiger partial charge in [-0.15, -0.1) is 0 Å². The van der Waals surface area contributed by atoms with Crippen molar-refractivity contribution in [2.75, 3.05) is 6.54 Å². The third-order valence-electron chi connectivity index (χ3n) is 5.97. The SMILES string of the molecule is CC(C)(Oc1ccc(CCNC(=O)CCc2cc(C(C)(C)C)c(O)c(C(C)(C)C)c2)cc1)C(=O)O. The average Bonchev–Trinajstić information content (AvgIpc) is 2.72. The van der Waals surface area contributed by atoms with Crippen LogP contribution < -0.4 is 10.1 Å². The summed E-state index contributed by atoms with van der Waals surface area (Å²) in [7, 11) is 0. The number of carbonyl (C=O) groups excluding carboxylic acids is 1. The molecule has 2 aromatic carbocycles. The molecule has 0 aliphatic heterocycles. The van der Waals surface area contributed by atoms with E-state index < -0.39 is 11.6 Å². The summed E-state index contributed by atoms with van der Waals surface area (Å²) >= 11 is 0. The average molecular weight is 484 g/mol. The van der Waals surface area contributed by atoms with Crippen molar-refractivity contribution < 1.29 is 24.5 Å². The van der Waals surface area contributed by atoms with Gasteiger partial charge in [0, 0.05) is 13.0 Å². The molecular formula is C29H41NO5. The summed E-state index contributed by atoms with van der Waals surface area (Å²) in [4.78, 5) is 23.7. The van der Waals surface area contributed by atoms with E-state index >= 15 is 0 Å². The van der Waals surface area contributed by atoms with E-state index in [0.29, 0.717) is 37.3 Å². The summed E-state index contributed by atoms with van der Waals surface area (Å²) in [5, 5.41) is 23.0. The van der Waals surface area contributed by atoms with Crippen LogP contribution in [0.15, 0.2) is 36.4 Å². The molecule has 0 radical (unpaired) electrons. The van der Waals surface area contributed by atoms with Gasteiger partial charge < -0.3 is 20.3 Å². The fourth-order valence-corrected chi connectivity index (χ4v) is 3.74. The van der Waals surface area contributed by atoms with Gasteiger partial charge in [0.15, 0.2) is 5.60 Å². The lowest BCUT2D eigenvalue weighted by atomic mass is 9.78. The largest absolute Gasteiger partial charge is 0.507 e. The third kappa shape index (κ3) is 8.01. The first-order valence-electron chi connectivity index (χ1n) is 12.2. The Bertz CT molecular complexity index is 1010. The first-order valence-corrected chi connectivity index (χ1v) is 12.2. The summed E-state index contributed by atoms with van der Waals surface area (Å²) < 4.78 is 5.52. The monoisotopic (exact) mass is 483 g/mol. The molecular weight excluding hydrogens is 442 g/mol. The van der Waals surface area contributed by atoms with Crippen LogP contribution in [0.2, 0.25) is 0 Å². The van der Waals surface area contributed by atoms with E-state index in [9.17, 15) is 19.8 Å². The summed E-state index contributed by atoms with van der Waals surface area (Å²) in [5.41, 5.74) is 2.17. The highest BCUT2D eigenvalue weighted by Crippen LogP contribution is 2.40. The van der Waals surface area contributed by atoms with Crippen molar-refractivity contribution in [3.63, 3.8) is 0 Å². The Hall–Kier alpha value is -3.02. The molecule has 2 rings (SSSR count). The number of amides is 1. The molecule has 6 heteroatoms. The molecule has 192 valence electrons. The van der Waals surface area contributed by atoms with E-state index in [0.717, 1.165) is 22.3 Å². The van der Waals surface area contributed by atoms with Crippen LogP contribution in [-0.2, 0) is 33.3 Å². The van der Waals surface area contributed by atoms with Crippen LogP contribution in [0.5, 0.6) is 11.5 Å². The van der Waals surface area contributed by atoms with E-state index in [1.165, 1.54) is 13.8 Å². The zero-order chi connectivity index (χ0) is 26.6. The molecule has 0 saturated heterocycles. The first kappa shape index (κ1) is 28.2. The van der Waals surface area contributed by atoms with Gasteiger partial charge in [-0.25, -0.2) is 4.79 Å². The van der Waals surface area contributed by atoms with Crippen LogP contribution in [0, 0.1) is 0 Å². The van der Waals surface area contributed by atoms with Gasteiger partial charge in [0.1, 0.15) is 11.5 Å². The van der Waals surface area contributed by atoms with Crippen molar-refractivity contribution in [3.05, 3.63) is 58.7 Å². The quantitative estimate of drug-likeness (QED) is 0.436. The number of carboxylic acid groups (broad SMARTS) is 1. The van der Waals surface area contributed by atoms with Crippen molar-refractivity contribution in [2.45, 2.75) is 91.1 Å². The highest BCUT2D eigenvalue weighted by atomic mass is 16.5. The van der Waals surface area contributed by atoms with E-state index in [2.05, 4.69) is 46.9 Å². The zero-order valence-electron chi connectivity index (χ0n) is 22.4. The summed E-state index contributed by atoms with van der Waals surface area (Å²) in [5.74, 6) is -0.207. The van der Waals surface area contributed by atoms with Crippen molar-refractivity contribution in [3.8, 4) is 11.5 Å². The molecule has 0 heterocycles. The van der Waals surface area contributed by atoms with Gasteiger partial charge in [0.2, 0.25) is 5.91 Å². The van der Waals surface area contributed by atoms with Gasteiger partial charge in [0.05, 0.1) is 0 Å². The molecule has 0 spiro atoms. The maximum absolute atomic E-state index is 12.5. The van der Waals surface area contributed by atoms with Crippen LogP contribution in [0.1, 0.15) is 84.1 Å². The number of aliphatic carboxylic acids is 1. The lowest BCUT2D eigenvalue weighted by Crippen LogP contribution is -2.37. The summed E-state index contributed by atoms with van der Waals surface area (Å²) in [6.07, 6.45) is 1.63. The van der Waals surface area contributed by atoms with Crippen LogP contribution in [0.3, 0.4) is 0 Å². The molecule has 2 aromatic rings. The number of hydrogen-bond donors (Lipinski definition) is 3. The lowest BCUT2D eigenvalue weighted by molar-refractivity contribution is -0.152. The number of phenols is 1. The predicted molar refractivity (Wildman–Crippen MR) is 139 cm³/mol. The molecule has 0 bridgehead atoms. The van der Waals surface area contributed by atoms with Crippen LogP contribution in [0.25, 0.3) is 0 Å². The smallest absolute Gasteiger partial charge is 0.347 e. The number of aromatic hydroxyl groups is 1. The van der Waals surface area contributed by atoms with Crippen molar-refractivity contribution >= 4 is 11.9 Å². The first-order chi connectivity index (χ1) is 16.0. The van der Waals surface area contributed by atoms with E-state index in [-0.39, 0.29) is 16.7 Å². The summed E-state index contributed by atoms with van der Waals surface area (Å²) in [6.45, 7) is 16.0. The molecule has 6 nitrogen and oxygen atoms in total. The Labute approximate surface area is 209 Å². The van der Waals surface area contributed by atoms with Crippen molar-refractivity contribution in [1.29, 1.82) is 0 Å².